The van der Waals surface area contributed by atoms with Gasteiger partial charge in [0.05, 0.1) is 0 Å². The van der Waals surface area contributed by atoms with Crippen LogP contribution in [0, 0.1) is 0 Å². The molecule has 0 saturated carbocycles. The third kappa shape index (κ3) is 55.5. The van der Waals surface area contributed by atoms with Crippen molar-refractivity contribution in [2.45, 2.75) is 290 Å². The summed E-state index contributed by atoms with van der Waals surface area (Å²) in [5, 5.41) is 0. The summed E-state index contributed by atoms with van der Waals surface area (Å²) in [5.41, 5.74) is 0. The van der Waals surface area contributed by atoms with Gasteiger partial charge in [-0.25, -0.2) is 0 Å². The molecular formula is C64H110O6. The number of ether oxygens (including phenoxy) is 3. The Balaban J connectivity index is 4.49. The fourth-order valence-corrected chi connectivity index (χ4v) is 8.20. The zero-order valence-corrected chi connectivity index (χ0v) is 46.0. The summed E-state index contributed by atoms with van der Waals surface area (Å²) in [6, 6.07) is 0. The van der Waals surface area contributed by atoms with E-state index in [1.54, 1.807) is 0 Å². The molecule has 0 spiro atoms. The van der Waals surface area contributed by atoms with E-state index in [0.29, 0.717) is 19.3 Å². The van der Waals surface area contributed by atoms with Crippen LogP contribution >= 0.6 is 0 Å². The second kappa shape index (κ2) is 58.2. The third-order valence-electron chi connectivity index (χ3n) is 12.7. The Hall–Kier alpha value is -3.41. The summed E-state index contributed by atoms with van der Waals surface area (Å²) in [5.74, 6) is -0.971. The maximum absolute atomic E-state index is 12.8. The van der Waals surface area contributed by atoms with E-state index < -0.39 is 6.10 Å². The number of allylic oxidation sites excluding steroid dienone is 14. The fourth-order valence-electron chi connectivity index (χ4n) is 8.20. The van der Waals surface area contributed by atoms with Crippen molar-refractivity contribution in [3.63, 3.8) is 0 Å². The number of carbonyl (C=O) groups is 3. The number of rotatable bonds is 53. The molecule has 0 aromatic carbocycles. The first-order valence-corrected chi connectivity index (χ1v) is 29.6. The highest BCUT2D eigenvalue weighted by Crippen LogP contribution is 2.16. The zero-order chi connectivity index (χ0) is 50.7. The predicted molar refractivity (Wildman–Crippen MR) is 302 cm³/mol. The minimum absolute atomic E-state index is 0.103. The second-order valence-corrected chi connectivity index (χ2v) is 19.6. The van der Waals surface area contributed by atoms with Crippen LogP contribution in [0.15, 0.2) is 85.1 Å². The molecule has 1 unspecified atom stereocenters. The van der Waals surface area contributed by atoms with Gasteiger partial charge in [-0.15, -0.1) is 0 Å². The Labute approximate surface area is 433 Å². The highest BCUT2D eigenvalue weighted by molar-refractivity contribution is 5.71. The highest BCUT2D eigenvalue weighted by atomic mass is 16.6. The maximum atomic E-state index is 12.8. The quantitative estimate of drug-likeness (QED) is 0.0199. The largest absolute Gasteiger partial charge is 0.462 e. The van der Waals surface area contributed by atoms with Gasteiger partial charge < -0.3 is 14.2 Å². The SMILES string of the molecule is CCCCC/C=C\C/C=C\C/C=C\C/C=C\CCCC(=O)OC(COC(=O)CCCCCCC\C=C/C=C\C=C/CCCCCCC)COC(=O)CCCCCCCCCCCCCCCCCCC. The normalized spacial score (nSPS) is 12.7. The van der Waals surface area contributed by atoms with Crippen LogP contribution in [0.3, 0.4) is 0 Å². The van der Waals surface area contributed by atoms with Gasteiger partial charge in [0, 0.05) is 19.3 Å². The predicted octanol–water partition coefficient (Wildman–Crippen LogP) is 19.9. The van der Waals surface area contributed by atoms with Crippen LogP contribution in [0.4, 0.5) is 0 Å². The molecule has 0 aromatic rings. The average Bonchev–Trinajstić information content (AvgIpc) is 3.36. The lowest BCUT2D eigenvalue weighted by molar-refractivity contribution is -0.167. The molecule has 0 aliphatic heterocycles. The maximum Gasteiger partial charge on any atom is 0.306 e. The lowest BCUT2D eigenvalue weighted by atomic mass is 10.0. The van der Waals surface area contributed by atoms with Gasteiger partial charge in [0.1, 0.15) is 13.2 Å². The summed E-state index contributed by atoms with van der Waals surface area (Å²) >= 11 is 0. The van der Waals surface area contributed by atoms with Gasteiger partial charge in [-0.05, 0) is 83.5 Å². The van der Waals surface area contributed by atoms with Crippen molar-refractivity contribution in [1.29, 1.82) is 0 Å². The van der Waals surface area contributed by atoms with Gasteiger partial charge in [0.25, 0.3) is 0 Å². The van der Waals surface area contributed by atoms with E-state index >= 15 is 0 Å². The van der Waals surface area contributed by atoms with Crippen molar-refractivity contribution < 1.29 is 28.6 Å². The van der Waals surface area contributed by atoms with Crippen LogP contribution in [0.1, 0.15) is 284 Å². The van der Waals surface area contributed by atoms with E-state index in [4.69, 9.17) is 14.2 Å². The summed E-state index contributed by atoms with van der Waals surface area (Å²) in [6.07, 6.45) is 75.7. The second-order valence-electron chi connectivity index (χ2n) is 19.6. The van der Waals surface area contributed by atoms with Crippen molar-refractivity contribution in [2.75, 3.05) is 13.2 Å². The van der Waals surface area contributed by atoms with E-state index in [-0.39, 0.29) is 37.5 Å². The highest BCUT2D eigenvalue weighted by Gasteiger charge is 2.19. The van der Waals surface area contributed by atoms with Crippen molar-refractivity contribution in [1.82, 2.24) is 0 Å². The molecule has 0 aliphatic carbocycles. The number of hydrogen-bond acceptors (Lipinski definition) is 6. The molecule has 6 heteroatoms. The Morgan fingerprint density at radius 3 is 0.986 bits per heavy atom. The number of unbranched alkanes of at least 4 members (excludes halogenated alkanes) is 30. The van der Waals surface area contributed by atoms with Crippen LogP contribution in [0.2, 0.25) is 0 Å². The van der Waals surface area contributed by atoms with Gasteiger partial charge in [-0.3, -0.25) is 14.4 Å². The van der Waals surface area contributed by atoms with Gasteiger partial charge in [0.2, 0.25) is 0 Å². The topological polar surface area (TPSA) is 78.9 Å². The van der Waals surface area contributed by atoms with E-state index in [1.165, 1.54) is 148 Å². The summed E-state index contributed by atoms with van der Waals surface area (Å²) in [7, 11) is 0. The molecule has 0 fully saturated rings. The van der Waals surface area contributed by atoms with Crippen molar-refractivity contribution in [3.05, 3.63) is 85.1 Å². The summed E-state index contributed by atoms with van der Waals surface area (Å²) < 4.78 is 16.8. The Morgan fingerprint density at radius 2 is 0.586 bits per heavy atom. The molecule has 0 heterocycles. The van der Waals surface area contributed by atoms with E-state index in [0.717, 1.165) is 89.9 Å². The number of hydrogen-bond donors (Lipinski definition) is 0. The molecule has 0 amide bonds. The van der Waals surface area contributed by atoms with Gasteiger partial charge in [-0.1, -0.05) is 266 Å². The molecule has 0 radical (unpaired) electrons. The van der Waals surface area contributed by atoms with Gasteiger partial charge >= 0.3 is 17.9 Å². The lowest BCUT2D eigenvalue weighted by Crippen LogP contribution is -2.30. The molecule has 0 rings (SSSR count). The molecule has 402 valence electrons. The number of esters is 3. The Morgan fingerprint density at radius 1 is 0.300 bits per heavy atom. The standard InChI is InChI=1S/C64H110O6/c1-4-7-10-13-16-19-22-25-28-31-34-36-39-42-45-48-51-54-57-63(66)69-60-61(70-64(67)58-55-52-49-46-43-40-37-33-30-27-24-21-18-15-12-9-6-3)59-68-62(65)56-53-50-47-44-41-38-35-32-29-26-23-20-17-14-11-8-5-2/h18,21-22,25,27-28,30-31,34,36-37,40,46,49,61H,4-17,19-20,23-24,26,29,32-33,35,38-39,41-45,47-48,50-60H2,1-3H3/b21-18-,25-22-,30-27-,31-28-,36-34-,40-37-,49-46-. The molecule has 0 aliphatic rings. The fraction of sp³-hybridized carbons (Fsp3) is 0.734. The first-order chi connectivity index (χ1) is 34.5. The zero-order valence-electron chi connectivity index (χ0n) is 46.0. The molecule has 70 heavy (non-hydrogen) atoms. The Kier molecular flexibility index (Phi) is 55.3. The average molecular weight is 976 g/mol. The van der Waals surface area contributed by atoms with Crippen molar-refractivity contribution in [2.24, 2.45) is 0 Å². The summed E-state index contributed by atoms with van der Waals surface area (Å²) in [6.45, 7) is 6.56. The summed E-state index contributed by atoms with van der Waals surface area (Å²) in [4.78, 5) is 38.2. The van der Waals surface area contributed by atoms with Crippen LogP contribution in [-0.4, -0.2) is 37.2 Å². The first-order valence-electron chi connectivity index (χ1n) is 29.6. The molecule has 0 aromatic heterocycles. The smallest absolute Gasteiger partial charge is 0.306 e. The minimum atomic E-state index is -0.813. The van der Waals surface area contributed by atoms with Crippen molar-refractivity contribution in [3.8, 4) is 0 Å². The lowest BCUT2D eigenvalue weighted by Gasteiger charge is -2.18. The van der Waals surface area contributed by atoms with Crippen LogP contribution < -0.4 is 0 Å². The first kappa shape index (κ1) is 66.6. The molecule has 6 nitrogen and oxygen atoms in total. The molecule has 0 saturated heterocycles. The molecule has 1 atom stereocenters. The Bertz CT molecular complexity index is 1350. The van der Waals surface area contributed by atoms with E-state index in [2.05, 4.69) is 106 Å². The van der Waals surface area contributed by atoms with E-state index in [9.17, 15) is 14.4 Å². The minimum Gasteiger partial charge on any atom is -0.462 e. The van der Waals surface area contributed by atoms with Gasteiger partial charge in [-0.2, -0.15) is 0 Å². The third-order valence-corrected chi connectivity index (χ3v) is 12.7. The van der Waals surface area contributed by atoms with Crippen LogP contribution in [0.25, 0.3) is 0 Å². The van der Waals surface area contributed by atoms with Crippen molar-refractivity contribution >= 4 is 17.9 Å². The molecular weight excluding hydrogens is 865 g/mol. The number of carbonyl (C=O) groups excluding carboxylic acids is 3. The van der Waals surface area contributed by atoms with Crippen LogP contribution in [0.5, 0.6) is 0 Å². The monoisotopic (exact) mass is 975 g/mol. The van der Waals surface area contributed by atoms with Gasteiger partial charge in [0.15, 0.2) is 6.10 Å². The molecule has 0 bridgehead atoms. The van der Waals surface area contributed by atoms with E-state index in [1.807, 2.05) is 0 Å². The molecule has 0 N–H and O–H groups in total. The van der Waals surface area contributed by atoms with Crippen LogP contribution in [-0.2, 0) is 28.6 Å².